The predicted molar refractivity (Wildman–Crippen MR) is 106 cm³/mol. The van der Waals surface area contributed by atoms with Crippen LogP contribution in [0.3, 0.4) is 0 Å². The van der Waals surface area contributed by atoms with Crippen molar-refractivity contribution < 1.29 is 9.53 Å². The molecule has 0 spiro atoms. The minimum absolute atomic E-state index is 0.201. The second kappa shape index (κ2) is 7.33. The average Bonchev–Trinajstić information content (AvgIpc) is 3.06. The highest BCUT2D eigenvalue weighted by atomic mass is 16.5. The first-order chi connectivity index (χ1) is 13.2. The van der Waals surface area contributed by atoms with E-state index in [4.69, 9.17) is 4.74 Å². The van der Waals surface area contributed by atoms with Gasteiger partial charge in [-0.25, -0.2) is 0 Å². The van der Waals surface area contributed by atoms with Gasteiger partial charge in [0.1, 0.15) is 5.75 Å². The van der Waals surface area contributed by atoms with Gasteiger partial charge in [-0.15, -0.1) is 0 Å². The summed E-state index contributed by atoms with van der Waals surface area (Å²) in [7, 11) is 1.60. The highest BCUT2D eigenvalue weighted by molar-refractivity contribution is 6.08. The number of ether oxygens (including phenoxy) is 1. The van der Waals surface area contributed by atoms with Crippen LogP contribution >= 0.6 is 0 Å². The first kappa shape index (κ1) is 16.8. The molecule has 0 atom stereocenters. The number of hydrogen-bond acceptors (Lipinski definition) is 3. The van der Waals surface area contributed by atoms with Gasteiger partial charge in [-0.2, -0.15) is 5.10 Å². The summed E-state index contributed by atoms with van der Waals surface area (Å²) in [5, 5.41) is 8.49. The number of amides is 1. The van der Waals surface area contributed by atoms with Gasteiger partial charge in [0, 0.05) is 10.9 Å². The molecule has 0 aliphatic rings. The molecule has 0 saturated heterocycles. The summed E-state index contributed by atoms with van der Waals surface area (Å²) in [4.78, 5) is 12.6. The van der Waals surface area contributed by atoms with Crippen molar-refractivity contribution in [3.63, 3.8) is 0 Å². The number of anilines is 1. The third-order valence-corrected chi connectivity index (χ3v) is 4.42. The van der Waals surface area contributed by atoms with E-state index in [9.17, 15) is 4.79 Å². The normalized spacial score (nSPS) is 10.7. The summed E-state index contributed by atoms with van der Waals surface area (Å²) < 4.78 is 7.05. The molecular formula is C22H19N3O2. The fraction of sp³-hybridized carbons (Fsp3) is 0.0909. The zero-order valence-electron chi connectivity index (χ0n) is 14.9. The molecule has 4 aromatic rings. The van der Waals surface area contributed by atoms with E-state index in [0.717, 1.165) is 16.5 Å². The van der Waals surface area contributed by atoms with Crippen molar-refractivity contribution in [3.8, 4) is 5.75 Å². The number of methoxy groups -OCH3 is 1. The Balaban J connectivity index is 1.64. The van der Waals surface area contributed by atoms with Gasteiger partial charge in [0.25, 0.3) is 5.91 Å². The first-order valence-electron chi connectivity index (χ1n) is 8.69. The number of aromatic nitrogens is 2. The summed E-state index contributed by atoms with van der Waals surface area (Å²) in [6.45, 7) is 0.639. The lowest BCUT2D eigenvalue weighted by Crippen LogP contribution is -2.13. The Morgan fingerprint density at radius 3 is 2.41 bits per heavy atom. The summed E-state index contributed by atoms with van der Waals surface area (Å²) in [5.74, 6) is 1.07. The van der Waals surface area contributed by atoms with E-state index in [1.165, 1.54) is 0 Å². The van der Waals surface area contributed by atoms with E-state index in [-0.39, 0.29) is 5.91 Å². The number of hydrogen-bond donors (Lipinski definition) is 1. The van der Waals surface area contributed by atoms with E-state index in [0.29, 0.717) is 23.7 Å². The molecule has 27 heavy (non-hydrogen) atoms. The van der Waals surface area contributed by atoms with Gasteiger partial charge >= 0.3 is 0 Å². The Morgan fingerprint density at radius 1 is 0.963 bits per heavy atom. The van der Waals surface area contributed by atoms with Crippen LogP contribution in [0.4, 0.5) is 5.82 Å². The fourth-order valence-corrected chi connectivity index (χ4v) is 3.02. The van der Waals surface area contributed by atoms with E-state index < -0.39 is 0 Å². The van der Waals surface area contributed by atoms with E-state index in [1.54, 1.807) is 31.4 Å². The molecule has 3 aromatic carbocycles. The van der Waals surface area contributed by atoms with Gasteiger partial charge in [-0.3, -0.25) is 9.48 Å². The largest absolute Gasteiger partial charge is 0.497 e. The van der Waals surface area contributed by atoms with E-state index >= 15 is 0 Å². The highest BCUT2D eigenvalue weighted by Gasteiger charge is 2.14. The molecular weight excluding hydrogens is 338 g/mol. The monoisotopic (exact) mass is 357 g/mol. The Bertz CT molecular complexity index is 1070. The fourth-order valence-electron chi connectivity index (χ4n) is 3.02. The maximum Gasteiger partial charge on any atom is 0.256 e. The first-order valence-corrected chi connectivity index (χ1v) is 8.69. The minimum atomic E-state index is -0.201. The number of nitrogens with zero attached hydrogens (tertiary/aromatic N) is 2. The van der Waals surface area contributed by atoms with E-state index in [1.807, 2.05) is 47.1 Å². The average molecular weight is 357 g/mol. The van der Waals surface area contributed by atoms with E-state index in [2.05, 4.69) is 22.5 Å². The van der Waals surface area contributed by atoms with Crippen LogP contribution < -0.4 is 10.1 Å². The van der Waals surface area contributed by atoms with Gasteiger partial charge in [0.2, 0.25) is 0 Å². The number of fused-ring (bicyclic) bond motifs is 1. The quantitative estimate of drug-likeness (QED) is 0.578. The zero-order valence-corrected chi connectivity index (χ0v) is 14.9. The van der Waals surface area contributed by atoms with Crippen LogP contribution in [-0.2, 0) is 6.54 Å². The highest BCUT2D eigenvalue weighted by Crippen LogP contribution is 2.24. The molecule has 0 bridgehead atoms. The smallest absolute Gasteiger partial charge is 0.256 e. The maximum absolute atomic E-state index is 12.6. The zero-order chi connectivity index (χ0) is 18.6. The molecule has 0 aliphatic carbocycles. The Kier molecular flexibility index (Phi) is 4.58. The van der Waals surface area contributed by atoms with Crippen LogP contribution in [0, 0.1) is 0 Å². The Labute approximate surface area is 157 Å². The number of carbonyl (C=O) groups excluding carboxylic acids is 1. The van der Waals surface area contributed by atoms with Crippen LogP contribution in [0.2, 0.25) is 0 Å². The molecule has 1 aromatic heterocycles. The number of para-hydroxylation sites is 1. The molecule has 1 heterocycles. The number of rotatable bonds is 5. The van der Waals surface area contributed by atoms with Gasteiger partial charge in [0.15, 0.2) is 5.82 Å². The van der Waals surface area contributed by atoms with Gasteiger partial charge in [-0.05, 0) is 42.0 Å². The van der Waals surface area contributed by atoms with Crippen molar-refractivity contribution in [3.05, 3.63) is 90.0 Å². The van der Waals surface area contributed by atoms with Crippen molar-refractivity contribution in [2.45, 2.75) is 6.54 Å². The lowest BCUT2D eigenvalue weighted by molar-refractivity contribution is 0.102. The molecule has 0 fully saturated rings. The molecule has 0 unspecified atom stereocenters. The van der Waals surface area contributed by atoms with Crippen LogP contribution in [-0.4, -0.2) is 22.8 Å². The van der Waals surface area contributed by atoms with Crippen LogP contribution in [0.1, 0.15) is 15.9 Å². The number of carbonyl (C=O) groups is 1. The summed E-state index contributed by atoms with van der Waals surface area (Å²) in [5.41, 5.74) is 2.68. The topological polar surface area (TPSA) is 56.1 Å². The van der Waals surface area contributed by atoms with Gasteiger partial charge in [0.05, 0.1) is 19.2 Å². The molecule has 4 rings (SSSR count). The molecule has 5 heteroatoms. The van der Waals surface area contributed by atoms with Crippen molar-refractivity contribution >= 4 is 22.6 Å². The molecule has 0 aliphatic heterocycles. The molecule has 5 nitrogen and oxygen atoms in total. The van der Waals surface area contributed by atoms with Crippen LogP contribution in [0.15, 0.2) is 78.9 Å². The third-order valence-electron chi connectivity index (χ3n) is 4.42. The Hall–Kier alpha value is -3.60. The Morgan fingerprint density at radius 2 is 1.67 bits per heavy atom. The second-order valence-electron chi connectivity index (χ2n) is 6.19. The minimum Gasteiger partial charge on any atom is -0.497 e. The number of nitrogens with one attached hydrogen (secondary N) is 1. The summed E-state index contributed by atoms with van der Waals surface area (Å²) in [6, 6.07) is 25.0. The predicted octanol–water partition coefficient (Wildman–Crippen LogP) is 4.35. The molecule has 0 radical (unpaired) electrons. The van der Waals surface area contributed by atoms with Crippen molar-refractivity contribution in [2.24, 2.45) is 0 Å². The number of benzene rings is 3. The standard InChI is InChI=1S/C22H19N3O2/c1-27-18-13-11-17(12-14-18)22(26)23-21-19-9-5-6-10-20(19)25(24-21)15-16-7-3-2-4-8-16/h2-14H,15H2,1H3,(H,23,24,26). The van der Waals surface area contributed by atoms with Gasteiger partial charge in [-0.1, -0.05) is 42.5 Å². The summed E-state index contributed by atoms with van der Waals surface area (Å²) in [6.07, 6.45) is 0. The van der Waals surface area contributed by atoms with Crippen molar-refractivity contribution in [2.75, 3.05) is 12.4 Å². The third kappa shape index (κ3) is 3.53. The van der Waals surface area contributed by atoms with Crippen molar-refractivity contribution in [1.82, 2.24) is 9.78 Å². The van der Waals surface area contributed by atoms with Crippen molar-refractivity contribution in [1.29, 1.82) is 0 Å². The lowest BCUT2D eigenvalue weighted by atomic mass is 10.2. The lowest BCUT2D eigenvalue weighted by Gasteiger charge is -2.04. The molecule has 134 valence electrons. The molecule has 1 N–H and O–H groups in total. The second-order valence-corrected chi connectivity index (χ2v) is 6.19. The molecule has 1 amide bonds. The van der Waals surface area contributed by atoms with Crippen LogP contribution in [0.25, 0.3) is 10.9 Å². The summed E-state index contributed by atoms with van der Waals surface area (Å²) >= 11 is 0. The van der Waals surface area contributed by atoms with Gasteiger partial charge < -0.3 is 10.1 Å². The maximum atomic E-state index is 12.6. The molecule has 0 saturated carbocycles. The van der Waals surface area contributed by atoms with Crippen LogP contribution in [0.5, 0.6) is 5.75 Å². The SMILES string of the molecule is COc1ccc(C(=O)Nc2nn(Cc3ccccc3)c3ccccc23)cc1.